The molecular weight excluding hydrogens is 598 g/mol. The summed E-state index contributed by atoms with van der Waals surface area (Å²) in [5.74, 6) is 0. The quantitative estimate of drug-likeness (QED) is 0.189. The Hall–Kier alpha value is -4.39. The lowest BCUT2D eigenvalue weighted by Crippen LogP contribution is -2.38. The molecular formula is C41H52N3O4+. The van der Waals surface area contributed by atoms with Crippen LogP contribution in [0, 0.1) is 0 Å². The molecule has 0 atom stereocenters. The Balaban J connectivity index is 1.61. The third-order valence-corrected chi connectivity index (χ3v) is 10.1. The van der Waals surface area contributed by atoms with Crippen molar-refractivity contribution in [3.05, 3.63) is 107 Å². The molecule has 0 bridgehead atoms. The van der Waals surface area contributed by atoms with E-state index in [1.54, 1.807) is 0 Å². The maximum absolute atomic E-state index is 13.8. The van der Waals surface area contributed by atoms with Crippen LogP contribution in [-0.2, 0) is 20.3 Å². The van der Waals surface area contributed by atoms with Gasteiger partial charge < -0.3 is 14.4 Å². The average Bonchev–Trinajstić information content (AvgIpc) is 3.61. The van der Waals surface area contributed by atoms with Gasteiger partial charge in [-0.05, 0) is 68.4 Å². The fourth-order valence-electron chi connectivity index (χ4n) is 7.28. The van der Waals surface area contributed by atoms with Gasteiger partial charge in [0, 0.05) is 41.6 Å². The van der Waals surface area contributed by atoms with Crippen LogP contribution < -0.4 is 4.90 Å². The summed E-state index contributed by atoms with van der Waals surface area (Å²) in [4.78, 5) is 30.9. The molecule has 3 aliphatic rings. The van der Waals surface area contributed by atoms with Gasteiger partial charge in [0.1, 0.15) is 7.05 Å². The zero-order valence-electron chi connectivity index (χ0n) is 30.1. The lowest BCUT2D eigenvalue weighted by atomic mass is 9.81. The van der Waals surface area contributed by atoms with Gasteiger partial charge in [0.25, 0.3) is 0 Å². The minimum absolute atomic E-state index is 0.213. The Morgan fingerprint density at radius 1 is 0.833 bits per heavy atom. The van der Waals surface area contributed by atoms with Crippen LogP contribution in [0.2, 0.25) is 0 Å². The van der Waals surface area contributed by atoms with E-state index in [0.717, 1.165) is 40.3 Å². The Morgan fingerprint density at radius 2 is 1.44 bits per heavy atom. The van der Waals surface area contributed by atoms with Crippen molar-refractivity contribution in [2.24, 2.45) is 0 Å². The molecule has 0 fully saturated rings. The van der Waals surface area contributed by atoms with Crippen molar-refractivity contribution >= 4 is 29.3 Å². The van der Waals surface area contributed by atoms with Crippen molar-refractivity contribution in [1.82, 2.24) is 4.90 Å². The van der Waals surface area contributed by atoms with Crippen molar-refractivity contribution in [3.8, 4) is 0 Å². The molecule has 254 valence electrons. The number of likely N-dealkylation sites (N-methyl/N-ethyl adjacent to an activating group) is 1. The third-order valence-electron chi connectivity index (χ3n) is 10.1. The molecule has 7 nitrogen and oxygen atoms in total. The molecule has 0 aromatic heterocycles. The molecule has 0 spiro atoms. The molecule has 2 aliphatic heterocycles. The molecule has 2 heterocycles. The number of carbonyl (C=O) groups excluding carboxylic acids is 2. The van der Waals surface area contributed by atoms with Gasteiger partial charge in [-0.3, -0.25) is 0 Å². The van der Waals surface area contributed by atoms with Crippen LogP contribution in [0.15, 0.2) is 95.4 Å². The summed E-state index contributed by atoms with van der Waals surface area (Å²) in [6.45, 7) is 13.5. The van der Waals surface area contributed by atoms with Gasteiger partial charge in [0.05, 0.1) is 24.3 Å². The Kier molecular flexibility index (Phi) is 10.5. The molecule has 7 heteroatoms. The molecule has 0 radical (unpaired) electrons. The summed E-state index contributed by atoms with van der Waals surface area (Å²) in [5.41, 5.74) is 9.11. The highest BCUT2D eigenvalue weighted by molar-refractivity contribution is 6.03. The molecule has 0 saturated carbocycles. The van der Waals surface area contributed by atoms with Crippen molar-refractivity contribution in [2.45, 2.75) is 90.9 Å². The van der Waals surface area contributed by atoms with E-state index in [-0.39, 0.29) is 24.0 Å². The summed E-state index contributed by atoms with van der Waals surface area (Å²) < 4.78 is 13.6. The number of carbonyl (C=O) groups is 2. The van der Waals surface area contributed by atoms with E-state index in [1.807, 2.05) is 13.8 Å². The zero-order chi connectivity index (χ0) is 34.6. The first kappa shape index (κ1) is 34.9. The first-order chi connectivity index (χ1) is 22.9. The topological polar surface area (TPSA) is 62.1 Å². The molecule has 5 rings (SSSR count). The van der Waals surface area contributed by atoms with Crippen LogP contribution in [0.1, 0.15) is 91.2 Å². The van der Waals surface area contributed by atoms with Crippen LogP contribution in [0.5, 0.6) is 0 Å². The first-order valence-corrected chi connectivity index (χ1v) is 17.5. The number of allylic oxidation sites excluding steroid dienone is 7. The lowest BCUT2D eigenvalue weighted by molar-refractivity contribution is -0.401. The van der Waals surface area contributed by atoms with Crippen molar-refractivity contribution in [2.75, 3.05) is 32.2 Å². The summed E-state index contributed by atoms with van der Waals surface area (Å²) in [6.07, 6.45) is 11.6. The second-order valence-corrected chi connectivity index (χ2v) is 14.0. The second kappa shape index (κ2) is 14.4. The zero-order valence-corrected chi connectivity index (χ0v) is 30.1. The number of hydrogen-bond donors (Lipinski definition) is 0. The van der Waals surface area contributed by atoms with Gasteiger partial charge in [0.15, 0.2) is 5.71 Å². The van der Waals surface area contributed by atoms with Crippen molar-refractivity contribution in [1.29, 1.82) is 0 Å². The number of imide groups is 1. The van der Waals surface area contributed by atoms with E-state index in [4.69, 9.17) is 9.47 Å². The Labute approximate surface area is 286 Å². The number of rotatable bonds is 10. The van der Waals surface area contributed by atoms with E-state index in [2.05, 4.69) is 124 Å². The first-order valence-electron chi connectivity index (χ1n) is 17.5. The maximum Gasteiger partial charge on any atom is 0.424 e. The van der Waals surface area contributed by atoms with Gasteiger partial charge >= 0.3 is 12.2 Å². The largest absolute Gasteiger partial charge is 0.449 e. The molecule has 48 heavy (non-hydrogen) atoms. The van der Waals surface area contributed by atoms with E-state index < -0.39 is 12.2 Å². The number of nitrogens with zero attached hydrogens (tertiary/aromatic N) is 3. The number of ether oxygens (including phenoxy) is 2. The number of fused-ring (bicyclic) bond motifs is 2. The van der Waals surface area contributed by atoms with Gasteiger partial charge in [-0.1, -0.05) is 89.1 Å². The monoisotopic (exact) mass is 650 g/mol. The highest BCUT2D eigenvalue weighted by Gasteiger charge is 2.43. The SMILES string of the molecule is CCCCOC(=O)N(C(=O)OCCCC)C1=C(/C=C/C2=[N+](C)c3ccccc3C2(C)C)CC/C1=C\C=C1\N(C)c2ccccc2C1(C)C. The summed E-state index contributed by atoms with van der Waals surface area (Å²) in [5, 5.41) is 0. The van der Waals surface area contributed by atoms with Crippen LogP contribution in [0.25, 0.3) is 0 Å². The van der Waals surface area contributed by atoms with Crippen molar-refractivity contribution in [3.63, 3.8) is 0 Å². The Bertz CT molecular complexity index is 1700. The van der Waals surface area contributed by atoms with Crippen LogP contribution in [0.3, 0.4) is 0 Å². The molecule has 0 saturated heterocycles. The number of unbranched alkanes of at least 4 members (excludes halogenated alkanes) is 2. The normalized spacial score (nSPS) is 19.5. The number of benzene rings is 2. The molecule has 2 aromatic rings. The molecule has 0 unspecified atom stereocenters. The van der Waals surface area contributed by atoms with Crippen LogP contribution >= 0.6 is 0 Å². The van der Waals surface area contributed by atoms with Gasteiger partial charge in [0.2, 0.25) is 5.69 Å². The fraction of sp³-hybridized carbons (Fsp3) is 0.439. The van der Waals surface area contributed by atoms with E-state index >= 15 is 0 Å². The highest BCUT2D eigenvalue weighted by atomic mass is 16.6. The molecule has 2 amide bonds. The predicted octanol–water partition coefficient (Wildman–Crippen LogP) is 9.71. The van der Waals surface area contributed by atoms with Crippen LogP contribution in [0.4, 0.5) is 21.0 Å². The standard InChI is InChI=1S/C41H52N3O4/c1-9-11-27-47-38(45)44(39(46)48-28-12-10-2)37-29(23-25-35-40(3,4)31-17-13-15-19-33(31)42(35)7)21-22-30(37)24-26-36-41(5,6)32-18-14-16-20-34(32)43(36)8/h13-20,23-26H,9-12,21-22,27-28H2,1-8H3/q+1. The molecule has 1 aliphatic carbocycles. The summed E-state index contributed by atoms with van der Waals surface area (Å²) in [7, 11) is 4.18. The summed E-state index contributed by atoms with van der Waals surface area (Å²) in [6, 6.07) is 16.9. The minimum atomic E-state index is -0.699. The molecule has 0 N–H and O–H groups in total. The third kappa shape index (κ3) is 6.52. The number of para-hydroxylation sites is 2. The fourth-order valence-corrected chi connectivity index (χ4v) is 7.28. The van der Waals surface area contributed by atoms with E-state index in [0.29, 0.717) is 31.4 Å². The molecule has 2 aromatic carbocycles. The van der Waals surface area contributed by atoms with Crippen molar-refractivity contribution < 1.29 is 23.6 Å². The maximum atomic E-state index is 13.8. The average molecular weight is 651 g/mol. The highest BCUT2D eigenvalue weighted by Crippen LogP contribution is 2.47. The number of anilines is 1. The lowest BCUT2D eigenvalue weighted by Gasteiger charge is -2.25. The van der Waals surface area contributed by atoms with E-state index in [1.165, 1.54) is 22.5 Å². The summed E-state index contributed by atoms with van der Waals surface area (Å²) >= 11 is 0. The number of amides is 2. The predicted molar refractivity (Wildman–Crippen MR) is 194 cm³/mol. The minimum Gasteiger partial charge on any atom is -0.449 e. The van der Waals surface area contributed by atoms with E-state index in [9.17, 15) is 9.59 Å². The van der Waals surface area contributed by atoms with Gasteiger partial charge in [-0.25, -0.2) is 9.59 Å². The number of hydrogen-bond acceptors (Lipinski definition) is 5. The van der Waals surface area contributed by atoms with Gasteiger partial charge in [-0.2, -0.15) is 9.48 Å². The Morgan fingerprint density at radius 3 is 2.04 bits per heavy atom. The smallest absolute Gasteiger partial charge is 0.424 e. The van der Waals surface area contributed by atoms with Gasteiger partial charge in [-0.15, -0.1) is 0 Å². The second-order valence-electron chi connectivity index (χ2n) is 14.0. The van der Waals surface area contributed by atoms with Crippen LogP contribution in [-0.4, -0.2) is 54.7 Å².